The third kappa shape index (κ3) is 5.46. The van der Waals surface area contributed by atoms with E-state index < -0.39 is 22.5 Å². The molecular formula is C21H20N4O5S3. The van der Waals surface area contributed by atoms with E-state index in [0.717, 1.165) is 4.31 Å². The summed E-state index contributed by atoms with van der Waals surface area (Å²) in [6.45, 7) is 3.95. The van der Waals surface area contributed by atoms with Crippen molar-refractivity contribution in [1.82, 2.24) is 10.2 Å². The second kappa shape index (κ2) is 10.2. The van der Waals surface area contributed by atoms with Crippen LogP contribution in [0.5, 0.6) is 11.5 Å². The average molecular weight is 505 g/mol. The number of anilines is 2. The Morgan fingerprint density at radius 3 is 2.67 bits per heavy atom. The number of nitrogens with one attached hydrogen (secondary N) is 1. The lowest BCUT2D eigenvalue weighted by Crippen LogP contribution is -2.38. The minimum Gasteiger partial charge on any atom is -0.486 e. The van der Waals surface area contributed by atoms with Gasteiger partial charge in [-0.2, -0.15) is 0 Å². The van der Waals surface area contributed by atoms with Crippen molar-refractivity contribution >= 4 is 49.8 Å². The summed E-state index contributed by atoms with van der Waals surface area (Å²) in [6.07, 6.45) is 1.74. The van der Waals surface area contributed by atoms with Crippen LogP contribution in [-0.2, 0) is 14.8 Å². The van der Waals surface area contributed by atoms with Crippen LogP contribution in [0.15, 0.2) is 70.4 Å². The van der Waals surface area contributed by atoms with E-state index >= 15 is 0 Å². The van der Waals surface area contributed by atoms with Crippen LogP contribution in [0.4, 0.5) is 10.8 Å². The van der Waals surface area contributed by atoms with Crippen LogP contribution >= 0.6 is 23.1 Å². The van der Waals surface area contributed by atoms with Crippen molar-refractivity contribution in [3.63, 3.8) is 0 Å². The summed E-state index contributed by atoms with van der Waals surface area (Å²) in [5.41, 5.74) is 0.276. The predicted octanol–water partition coefficient (Wildman–Crippen LogP) is 3.42. The number of thioether (sulfide) groups is 1. The van der Waals surface area contributed by atoms with Gasteiger partial charge in [-0.25, -0.2) is 8.42 Å². The largest absolute Gasteiger partial charge is 0.486 e. The van der Waals surface area contributed by atoms with Crippen LogP contribution in [0.1, 0.15) is 0 Å². The second-order valence-electron chi connectivity index (χ2n) is 6.67. The number of nitrogens with zero attached hydrogens (tertiary/aromatic N) is 3. The molecule has 0 saturated heterocycles. The molecule has 33 heavy (non-hydrogen) atoms. The van der Waals surface area contributed by atoms with Gasteiger partial charge in [0, 0.05) is 11.8 Å². The quantitative estimate of drug-likeness (QED) is 0.268. The molecule has 0 atom stereocenters. The highest BCUT2D eigenvalue weighted by Gasteiger charge is 2.29. The number of hydrogen-bond acceptors (Lipinski definition) is 9. The van der Waals surface area contributed by atoms with E-state index in [-0.39, 0.29) is 15.7 Å². The minimum absolute atomic E-state index is 0.0618. The Labute approximate surface area is 199 Å². The fourth-order valence-electron chi connectivity index (χ4n) is 2.96. The van der Waals surface area contributed by atoms with E-state index in [4.69, 9.17) is 9.47 Å². The van der Waals surface area contributed by atoms with E-state index in [2.05, 4.69) is 22.1 Å². The van der Waals surface area contributed by atoms with Gasteiger partial charge < -0.3 is 9.47 Å². The number of hydrogen-bond donors (Lipinski definition) is 1. The molecule has 9 nitrogen and oxygen atoms in total. The van der Waals surface area contributed by atoms with Gasteiger partial charge in [-0.15, -0.1) is 16.8 Å². The Kier molecular flexibility index (Phi) is 7.16. The standard InChI is InChI=1S/C21H20N4O5S3/c1-2-12-31-21-24-23-20(32-21)22-19(26)14-25(33(27,28)16-6-4-3-5-7-16)15-8-9-17-18(13-15)30-11-10-29-17/h2-9,13H,1,10-12,14H2,(H,22,23,26). The fraction of sp³-hybridized carbons (Fsp3) is 0.190. The number of carbonyl (C=O) groups excluding carboxylic acids is 1. The molecule has 1 aromatic heterocycles. The minimum atomic E-state index is -4.05. The lowest BCUT2D eigenvalue weighted by atomic mass is 10.2. The van der Waals surface area contributed by atoms with Gasteiger partial charge in [-0.1, -0.05) is 47.4 Å². The number of fused-ring (bicyclic) bond motifs is 1. The first kappa shape index (κ1) is 23.1. The van der Waals surface area contributed by atoms with E-state index in [1.807, 2.05) is 0 Å². The smallest absolute Gasteiger partial charge is 0.264 e. The van der Waals surface area contributed by atoms with Crippen LogP contribution in [0.2, 0.25) is 0 Å². The van der Waals surface area contributed by atoms with Crippen LogP contribution in [0.3, 0.4) is 0 Å². The highest BCUT2D eigenvalue weighted by Crippen LogP contribution is 2.35. The molecule has 12 heteroatoms. The van der Waals surface area contributed by atoms with E-state index in [1.54, 1.807) is 42.5 Å². The SMILES string of the molecule is C=CCSc1nnc(NC(=O)CN(c2ccc3c(c2)OCCO3)S(=O)(=O)c2ccccc2)s1. The van der Waals surface area contributed by atoms with Gasteiger partial charge in [0.2, 0.25) is 11.0 Å². The van der Waals surface area contributed by atoms with Crippen molar-refractivity contribution < 1.29 is 22.7 Å². The molecule has 1 N–H and O–H groups in total. The number of ether oxygens (including phenoxy) is 2. The number of sulfonamides is 1. The molecule has 0 saturated carbocycles. The van der Waals surface area contributed by atoms with Crippen LogP contribution in [0, 0.1) is 0 Å². The van der Waals surface area contributed by atoms with Crippen LogP contribution in [-0.4, -0.2) is 50.0 Å². The first-order valence-corrected chi connectivity index (χ1v) is 13.1. The molecule has 1 aliphatic rings. The van der Waals surface area contributed by atoms with Crippen molar-refractivity contribution in [2.24, 2.45) is 0 Å². The molecule has 0 aliphatic carbocycles. The average Bonchev–Trinajstić information content (AvgIpc) is 3.28. The number of aromatic nitrogens is 2. The Morgan fingerprint density at radius 1 is 1.15 bits per heavy atom. The maximum atomic E-state index is 13.4. The van der Waals surface area contributed by atoms with Gasteiger partial charge in [0.15, 0.2) is 15.8 Å². The zero-order chi connectivity index (χ0) is 23.3. The molecule has 0 fully saturated rings. The molecule has 172 valence electrons. The van der Waals surface area contributed by atoms with Gasteiger partial charge in [0.25, 0.3) is 10.0 Å². The molecule has 0 spiro atoms. The maximum Gasteiger partial charge on any atom is 0.264 e. The highest BCUT2D eigenvalue weighted by molar-refractivity contribution is 8.01. The lowest BCUT2D eigenvalue weighted by molar-refractivity contribution is -0.114. The predicted molar refractivity (Wildman–Crippen MR) is 128 cm³/mol. The molecule has 0 bridgehead atoms. The second-order valence-corrected chi connectivity index (χ2v) is 10.8. The Hall–Kier alpha value is -3.09. The van der Waals surface area contributed by atoms with Crippen molar-refractivity contribution in [2.45, 2.75) is 9.24 Å². The van der Waals surface area contributed by atoms with Gasteiger partial charge in [0.05, 0.1) is 10.6 Å². The van der Waals surface area contributed by atoms with Crippen molar-refractivity contribution in [3.05, 3.63) is 61.2 Å². The van der Waals surface area contributed by atoms with Crippen molar-refractivity contribution in [2.75, 3.05) is 35.1 Å². The molecular weight excluding hydrogens is 484 g/mol. The third-order valence-corrected chi connectivity index (χ3v) is 8.17. The molecule has 3 aromatic rings. The van der Waals surface area contributed by atoms with Gasteiger partial charge in [-0.05, 0) is 24.3 Å². The van der Waals surface area contributed by atoms with Gasteiger partial charge in [-0.3, -0.25) is 14.4 Å². The van der Waals surface area contributed by atoms with E-state index in [1.165, 1.54) is 35.2 Å². The molecule has 2 aromatic carbocycles. The number of carbonyl (C=O) groups is 1. The normalized spacial score (nSPS) is 12.7. The summed E-state index contributed by atoms with van der Waals surface area (Å²) in [7, 11) is -4.05. The number of benzene rings is 2. The summed E-state index contributed by atoms with van der Waals surface area (Å²) >= 11 is 2.64. The maximum absolute atomic E-state index is 13.4. The summed E-state index contributed by atoms with van der Waals surface area (Å²) in [4.78, 5) is 12.9. The molecule has 1 aliphatic heterocycles. The molecule has 0 radical (unpaired) electrons. The topological polar surface area (TPSA) is 111 Å². The zero-order valence-corrected chi connectivity index (χ0v) is 19.8. The molecule has 4 rings (SSSR count). The summed E-state index contributed by atoms with van der Waals surface area (Å²) < 4.78 is 39.7. The number of rotatable bonds is 9. The summed E-state index contributed by atoms with van der Waals surface area (Å²) in [6, 6.07) is 12.7. The first-order chi connectivity index (χ1) is 16.0. The van der Waals surface area contributed by atoms with Crippen molar-refractivity contribution in [1.29, 1.82) is 0 Å². The molecule has 2 heterocycles. The zero-order valence-electron chi connectivity index (χ0n) is 17.3. The first-order valence-electron chi connectivity index (χ1n) is 9.82. The van der Waals surface area contributed by atoms with Crippen LogP contribution in [0.25, 0.3) is 0 Å². The molecule has 0 unspecified atom stereocenters. The highest BCUT2D eigenvalue weighted by atomic mass is 32.2. The van der Waals surface area contributed by atoms with E-state index in [9.17, 15) is 13.2 Å². The Balaban J connectivity index is 1.61. The van der Waals surface area contributed by atoms with Crippen molar-refractivity contribution in [3.8, 4) is 11.5 Å². The van der Waals surface area contributed by atoms with E-state index in [0.29, 0.717) is 34.8 Å². The molecule has 1 amide bonds. The third-order valence-electron chi connectivity index (χ3n) is 4.41. The summed E-state index contributed by atoms with van der Waals surface area (Å²) in [5, 5.41) is 10.9. The Bertz CT molecular complexity index is 1250. The fourth-order valence-corrected chi connectivity index (χ4v) is 5.92. The van der Waals surface area contributed by atoms with Gasteiger partial charge in [0.1, 0.15) is 19.8 Å². The lowest BCUT2D eigenvalue weighted by Gasteiger charge is -2.26. The summed E-state index contributed by atoms with van der Waals surface area (Å²) in [5.74, 6) is 1.04. The Morgan fingerprint density at radius 2 is 1.91 bits per heavy atom. The van der Waals surface area contributed by atoms with Crippen LogP contribution < -0.4 is 19.1 Å². The monoisotopic (exact) mass is 504 g/mol. The van der Waals surface area contributed by atoms with Gasteiger partial charge >= 0.3 is 0 Å². The number of amides is 1.